The Kier molecular flexibility index (Phi) is 4.13. The van der Waals surface area contributed by atoms with Crippen LogP contribution < -0.4 is 5.32 Å². The number of carbonyl (C=O) groups is 1. The molecule has 1 amide bonds. The molecule has 0 aliphatic carbocycles. The van der Waals surface area contributed by atoms with Crippen molar-refractivity contribution < 1.29 is 9.53 Å². The second-order valence-electron chi connectivity index (χ2n) is 5.52. The van der Waals surface area contributed by atoms with Gasteiger partial charge >= 0.3 is 6.09 Å². The zero-order chi connectivity index (χ0) is 13.9. The Labute approximate surface area is 124 Å². The predicted molar refractivity (Wildman–Crippen MR) is 77.7 cm³/mol. The SMILES string of the molecule is O=C1OC(C2CCNCC2)CN1Cc1ccc(Cl)cc1. The van der Waals surface area contributed by atoms with Crippen LogP contribution in [-0.2, 0) is 11.3 Å². The van der Waals surface area contributed by atoms with Crippen molar-refractivity contribution in [3.63, 3.8) is 0 Å². The second kappa shape index (κ2) is 6.02. The third-order valence-corrected chi connectivity index (χ3v) is 4.36. The molecule has 2 saturated heterocycles. The Bertz CT molecular complexity index is 471. The molecule has 1 aromatic carbocycles. The fourth-order valence-corrected chi connectivity index (χ4v) is 3.06. The number of halogens is 1. The van der Waals surface area contributed by atoms with Crippen LogP contribution in [0.2, 0.25) is 5.02 Å². The van der Waals surface area contributed by atoms with Gasteiger partial charge in [0.2, 0.25) is 0 Å². The maximum Gasteiger partial charge on any atom is 0.410 e. The molecule has 1 N–H and O–H groups in total. The van der Waals surface area contributed by atoms with Gasteiger partial charge in [-0.1, -0.05) is 23.7 Å². The van der Waals surface area contributed by atoms with Crippen molar-refractivity contribution in [3.8, 4) is 0 Å². The zero-order valence-corrected chi connectivity index (χ0v) is 12.1. The van der Waals surface area contributed by atoms with E-state index in [4.69, 9.17) is 16.3 Å². The molecular formula is C15H19ClN2O2. The zero-order valence-electron chi connectivity index (χ0n) is 11.3. The van der Waals surface area contributed by atoms with Crippen LogP contribution in [0, 0.1) is 5.92 Å². The maximum atomic E-state index is 12.0. The quantitative estimate of drug-likeness (QED) is 0.932. The molecular weight excluding hydrogens is 276 g/mol. The van der Waals surface area contributed by atoms with Crippen molar-refractivity contribution in [1.82, 2.24) is 10.2 Å². The lowest BCUT2D eigenvalue weighted by Crippen LogP contribution is -2.36. The lowest BCUT2D eigenvalue weighted by Gasteiger charge is -2.26. The van der Waals surface area contributed by atoms with Gasteiger partial charge in [0.05, 0.1) is 6.54 Å². The molecule has 108 valence electrons. The summed E-state index contributed by atoms with van der Waals surface area (Å²) in [6.45, 7) is 3.34. The van der Waals surface area contributed by atoms with Gasteiger partial charge in [-0.2, -0.15) is 0 Å². The first-order valence-electron chi connectivity index (χ1n) is 7.13. The average Bonchev–Trinajstić information content (AvgIpc) is 2.84. The first-order chi connectivity index (χ1) is 9.72. The summed E-state index contributed by atoms with van der Waals surface area (Å²) in [6.07, 6.45) is 2.04. The third-order valence-electron chi connectivity index (χ3n) is 4.11. The molecule has 0 saturated carbocycles. The van der Waals surface area contributed by atoms with Crippen molar-refractivity contribution in [2.24, 2.45) is 5.92 Å². The predicted octanol–water partition coefficient (Wildman–Crippen LogP) is 2.66. The van der Waals surface area contributed by atoms with Crippen molar-refractivity contribution in [3.05, 3.63) is 34.9 Å². The number of nitrogens with one attached hydrogen (secondary N) is 1. The highest BCUT2D eigenvalue weighted by molar-refractivity contribution is 6.30. The van der Waals surface area contributed by atoms with E-state index in [1.807, 2.05) is 24.3 Å². The summed E-state index contributed by atoms with van der Waals surface area (Å²) in [4.78, 5) is 13.7. The minimum atomic E-state index is -0.191. The number of hydrogen-bond acceptors (Lipinski definition) is 3. The van der Waals surface area contributed by atoms with Gasteiger partial charge in [-0.3, -0.25) is 0 Å². The number of cyclic esters (lactones) is 1. The lowest BCUT2D eigenvalue weighted by atomic mass is 9.92. The van der Waals surface area contributed by atoms with Crippen LogP contribution in [-0.4, -0.2) is 36.7 Å². The van der Waals surface area contributed by atoms with Crippen molar-refractivity contribution in [1.29, 1.82) is 0 Å². The number of benzene rings is 1. The van der Waals surface area contributed by atoms with E-state index in [9.17, 15) is 4.79 Å². The molecule has 2 fully saturated rings. The first-order valence-corrected chi connectivity index (χ1v) is 7.51. The standard InChI is InChI=1S/C15H19ClN2O2/c16-13-3-1-11(2-4-13)9-18-10-14(20-15(18)19)12-5-7-17-8-6-12/h1-4,12,14,17H,5-10H2. The first kappa shape index (κ1) is 13.7. The Morgan fingerprint density at radius 1 is 1.25 bits per heavy atom. The number of piperidine rings is 1. The molecule has 1 aromatic rings. The van der Waals surface area contributed by atoms with Gasteiger partial charge in [0.15, 0.2) is 0 Å². The van der Waals surface area contributed by atoms with Crippen molar-refractivity contribution in [2.45, 2.75) is 25.5 Å². The van der Waals surface area contributed by atoms with Crippen LogP contribution >= 0.6 is 11.6 Å². The molecule has 2 aliphatic rings. The molecule has 0 radical (unpaired) electrons. The fraction of sp³-hybridized carbons (Fsp3) is 0.533. The molecule has 1 atom stereocenters. The van der Waals surface area contributed by atoms with Crippen molar-refractivity contribution >= 4 is 17.7 Å². The van der Waals surface area contributed by atoms with Crippen LogP contribution in [0.1, 0.15) is 18.4 Å². The molecule has 1 unspecified atom stereocenters. The highest BCUT2D eigenvalue weighted by Gasteiger charge is 2.36. The van der Waals surface area contributed by atoms with Gasteiger partial charge in [0.1, 0.15) is 6.10 Å². The summed E-state index contributed by atoms with van der Waals surface area (Å²) in [5.41, 5.74) is 1.08. The fourth-order valence-electron chi connectivity index (χ4n) is 2.93. The van der Waals surface area contributed by atoms with E-state index in [1.54, 1.807) is 4.90 Å². The maximum absolute atomic E-state index is 12.0. The Balaban J connectivity index is 1.60. The molecule has 5 heteroatoms. The van der Waals surface area contributed by atoms with E-state index in [2.05, 4.69) is 5.32 Å². The Morgan fingerprint density at radius 3 is 2.65 bits per heavy atom. The minimum Gasteiger partial charge on any atom is -0.444 e. The van der Waals surface area contributed by atoms with E-state index < -0.39 is 0 Å². The molecule has 3 rings (SSSR count). The summed E-state index contributed by atoms with van der Waals surface area (Å²) >= 11 is 5.87. The summed E-state index contributed by atoms with van der Waals surface area (Å²) in [5, 5.41) is 4.05. The molecule has 20 heavy (non-hydrogen) atoms. The number of amides is 1. The van der Waals surface area contributed by atoms with E-state index in [-0.39, 0.29) is 12.2 Å². The summed E-state index contributed by atoms with van der Waals surface area (Å²) in [5.74, 6) is 0.496. The molecule has 0 bridgehead atoms. The molecule has 0 aromatic heterocycles. The minimum absolute atomic E-state index is 0.0527. The molecule has 0 spiro atoms. The Hall–Kier alpha value is -1.26. The van der Waals surface area contributed by atoms with E-state index >= 15 is 0 Å². The lowest BCUT2D eigenvalue weighted by molar-refractivity contribution is 0.0905. The van der Waals surface area contributed by atoms with Crippen LogP contribution in [0.25, 0.3) is 0 Å². The number of carbonyl (C=O) groups excluding carboxylic acids is 1. The molecule has 2 aliphatic heterocycles. The topological polar surface area (TPSA) is 41.6 Å². The molecule has 2 heterocycles. The third kappa shape index (κ3) is 3.07. The highest BCUT2D eigenvalue weighted by atomic mass is 35.5. The second-order valence-corrected chi connectivity index (χ2v) is 5.95. The van der Waals surface area contributed by atoms with Gasteiger partial charge in [0, 0.05) is 17.5 Å². The highest BCUT2D eigenvalue weighted by Crippen LogP contribution is 2.26. The summed E-state index contributed by atoms with van der Waals surface area (Å²) in [7, 11) is 0. The summed E-state index contributed by atoms with van der Waals surface area (Å²) in [6, 6.07) is 7.60. The number of nitrogens with zero attached hydrogens (tertiary/aromatic N) is 1. The van der Waals surface area contributed by atoms with Gasteiger partial charge < -0.3 is 15.0 Å². The Morgan fingerprint density at radius 2 is 1.95 bits per heavy atom. The smallest absolute Gasteiger partial charge is 0.410 e. The number of hydrogen-bond donors (Lipinski definition) is 1. The van der Waals surface area contributed by atoms with Gasteiger partial charge in [-0.05, 0) is 43.6 Å². The monoisotopic (exact) mass is 294 g/mol. The number of rotatable bonds is 3. The van der Waals surface area contributed by atoms with Gasteiger partial charge in [-0.25, -0.2) is 4.79 Å². The number of ether oxygens (including phenoxy) is 1. The normalized spacial score (nSPS) is 23.9. The van der Waals surface area contributed by atoms with Gasteiger partial charge in [-0.15, -0.1) is 0 Å². The largest absolute Gasteiger partial charge is 0.444 e. The summed E-state index contributed by atoms with van der Waals surface area (Å²) < 4.78 is 5.54. The molecule has 4 nitrogen and oxygen atoms in total. The van der Waals surface area contributed by atoms with Gasteiger partial charge in [0.25, 0.3) is 0 Å². The van der Waals surface area contributed by atoms with E-state index in [0.29, 0.717) is 24.0 Å². The van der Waals surface area contributed by atoms with Crippen LogP contribution in [0.4, 0.5) is 4.79 Å². The average molecular weight is 295 g/mol. The van der Waals surface area contributed by atoms with Crippen LogP contribution in [0.15, 0.2) is 24.3 Å². The van der Waals surface area contributed by atoms with Crippen molar-refractivity contribution in [2.75, 3.05) is 19.6 Å². The van der Waals surface area contributed by atoms with E-state index in [0.717, 1.165) is 31.5 Å². The van der Waals surface area contributed by atoms with Crippen LogP contribution in [0.5, 0.6) is 0 Å². The van der Waals surface area contributed by atoms with E-state index in [1.165, 1.54) is 0 Å². The van der Waals surface area contributed by atoms with Crippen LogP contribution in [0.3, 0.4) is 0 Å².